The fourth-order valence-corrected chi connectivity index (χ4v) is 4.79. The number of aliphatic hydroxyl groups is 1. The number of hydrogen-bond acceptors (Lipinski definition) is 8. The van der Waals surface area contributed by atoms with E-state index < -0.39 is 0 Å². The first-order chi connectivity index (χ1) is 17.7. The number of hydrogen-bond donors (Lipinski definition) is 2. The van der Waals surface area contributed by atoms with Crippen molar-refractivity contribution in [1.82, 2.24) is 0 Å². The van der Waals surface area contributed by atoms with E-state index in [4.69, 9.17) is 23.7 Å². The Morgan fingerprint density at radius 1 is 0.972 bits per heavy atom. The minimum atomic E-state index is -0.290. The summed E-state index contributed by atoms with van der Waals surface area (Å²) in [4.78, 5) is 0. The Bertz CT molecular complexity index is 1280. The van der Waals surface area contributed by atoms with Gasteiger partial charge in [-0.2, -0.15) is 5.10 Å². The smallest absolute Gasteiger partial charge is 0.231 e. The first kappa shape index (κ1) is 23.6. The van der Waals surface area contributed by atoms with Crippen LogP contribution in [0.15, 0.2) is 65.3 Å². The summed E-state index contributed by atoms with van der Waals surface area (Å²) in [5, 5.41) is 15.1. The lowest BCUT2D eigenvalue weighted by atomic mass is 9.72. The second-order valence-electron chi connectivity index (χ2n) is 8.44. The fraction of sp³-hybridized carbons (Fsp3) is 0.250. The van der Waals surface area contributed by atoms with Crippen LogP contribution in [0.4, 0.5) is 5.69 Å². The molecule has 3 aromatic carbocycles. The first-order valence-electron chi connectivity index (χ1n) is 11.6. The second kappa shape index (κ2) is 10.2. The van der Waals surface area contributed by atoms with Crippen LogP contribution in [0.5, 0.6) is 28.7 Å². The molecule has 186 valence electrons. The molecule has 1 aliphatic carbocycles. The fourth-order valence-electron chi connectivity index (χ4n) is 4.79. The number of aliphatic hydroxyl groups excluding tert-OH is 1. The molecule has 0 spiro atoms. The number of benzene rings is 3. The predicted molar refractivity (Wildman–Crippen MR) is 138 cm³/mol. The van der Waals surface area contributed by atoms with E-state index in [1.54, 1.807) is 27.5 Å². The number of hydrazone groups is 1. The van der Waals surface area contributed by atoms with Crippen LogP contribution in [0, 0.1) is 5.92 Å². The Morgan fingerprint density at radius 3 is 2.31 bits per heavy atom. The van der Waals surface area contributed by atoms with Gasteiger partial charge >= 0.3 is 0 Å². The summed E-state index contributed by atoms with van der Waals surface area (Å²) in [6.07, 6.45) is 3.79. The minimum absolute atomic E-state index is 0.0988. The molecule has 2 atom stereocenters. The minimum Gasteiger partial charge on any atom is -0.493 e. The van der Waals surface area contributed by atoms with Crippen molar-refractivity contribution in [2.24, 2.45) is 11.0 Å². The van der Waals surface area contributed by atoms with E-state index in [9.17, 15) is 5.11 Å². The number of nitrogens with zero attached hydrogens (tertiary/aromatic N) is 1. The van der Waals surface area contributed by atoms with Crippen molar-refractivity contribution in [2.75, 3.05) is 40.2 Å². The van der Waals surface area contributed by atoms with Crippen molar-refractivity contribution in [3.63, 3.8) is 0 Å². The van der Waals surface area contributed by atoms with Crippen molar-refractivity contribution in [3.8, 4) is 28.7 Å². The monoisotopic (exact) mass is 488 g/mol. The third-order valence-corrected chi connectivity index (χ3v) is 6.49. The zero-order chi connectivity index (χ0) is 25.1. The summed E-state index contributed by atoms with van der Waals surface area (Å²) in [7, 11) is 4.75. The molecular formula is C28H28N2O6. The lowest BCUT2D eigenvalue weighted by molar-refractivity contribution is 0.174. The molecule has 36 heavy (non-hydrogen) atoms. The van der Waals surface area contributed by atoms with E-state index in [1.807, 2.05) is 60.7 Å². The van der Waals surface area contributed by atoms with Crippen LogP contribution in [0.2, 0.25) is 0 Å². The molecule has 8 heteroatoms. The summed E-state index contributed by atoms with van der Waals surface area (Å²) < 4.78 is 28.1. The highest BCUT2D eigenvalue weighted by Crippen LogP contribution is 2.49. The van der Waals surface area contributed by atoms with Crippen LogP contribution in [0.25, 0.3) is 6.08 Å². The van der Waals surface area contributed by atoms with Gasteiger partial charge in [0.2, 0.25) is 12.5 Å². The predicted octanol–water partition coefficient (Wildman–Crippen LogP) is 4.68. The first-order valence-corrected chi connectivity index (χ1v) is 11.6. The van der Waals surface area contributed by atoms with E-state index in [0.717, 1.165) is 28.0 Å². The average Bonchev–Trinajstić information content (AvgIpc) is 3.38. The number of nitrogens with one attached hydrogen (secondary N) is 1. The normalized spacial score (nSPS) is 17.9. The van der Waals surface area contributed by atoms with E-state index in [0.29, 0.717) is 28.7 Å². The Hall–Kier alpha value is -4.17. The molecule has 5 rings (SSSR count). The maximum atomic E-state index is 10.6. The van der Waals surface area contributed by atoms with Crippen molar-refractivity contribution in [3.05, 3.63) is 76.9 Å². The largest absolute Gasteiger partial charge is 0.493 e. The Labute approximate surface area is 209 Å². The van der Waals surface area contributed by atoms with Gasteiger partial charge in [0.25, 0.3) is 0 Å². The molecular weight excluding hydrogens is 460 g/mol. The Kier molecular flexibility index (Phi) is 6.69. The van der Waals surface area contributed by atoms with Crippen LogP contribution in [-0.4, -0.2) is 46.1 Å². The van der Waals surface area contributed by atoms with Gasteiger partial charge in [-0.05, 0) is 64.7 Å². The number of para-hydroxylation sites is 1. The molecule has 0 bridgehead atoms. The molecule has 1 aliphatic heterocycles. The molecule has 2 N–H and O–H groups in total. The van der Waals surface area contributed by atoms with E-state index in [-0.39, 0.29) is 25.2 Å². The van der Waals surface area contributed by atoms with Crippen molar-refractivity contribution >= 4 is 18.0 Å². The number of methoxy groups -OCH3 is 3. The topological polar surface area (TPSA) is 90.8 Å². The van der Waals surface area contributed by atoms with Gasteiger partial charge in [0.05, 0.1) is 39.8 Å². The summed E-state index contributed by atoms with van der Waals surface area (Å²) >= 11 is 0. The highest BCUT2D eigenvalue weighted by Gasteiger charge is 2.35. The van der Waals surface area contributed by atoms with Crippen molar-refractivity contribution in [2.45, 2.75) is 5.92 Å². The summed E-state index contributed by atoms with van der Waals surface area (Å²) in [6.45, 7) is 0.0773. The van der Waals surface area contributed by atoms with E-state index >= 15 is 0 Å². The van der Waals surface area contributed by atoms with Gasteiger partial charge in [0.1, 0.15) is 0 Å². The molecule has 8 nitrogen and oxygen atoms in total. The lowest BCUT2D eigenvalue weighted by Gasteiger charge is -2.33. The molecule has 0 unspecified atom stereocenters. The molecule has 1 heterocycles. The lowest BCUT2D eigenvalue weighted by Crippen LogP contribution is -2.25. The summed E-state index contributed by atoms with van der Waals surface area (Å²) in [5.41, 5.74) is 7.66. The summed E-state index contributed by atoms with van der Waals surface area (Å²) in [6, 6.07) is 17.5. The standard InChI is InChI=1S/C28H28N2O6/c1-32-25-11-18(12-26(33-2)28(25)34-3)27-21-13-24-23(35-16-36-24)10-17(21)9-19(22(27)15-31)14-29-30-20-7-5-4-6-8-20/h4-14,22,27,30-31H,15-16H2,1-3H3/t22-,27-/m1/s1. The van der Waals surface area contributed by atoms with E-state index in [1.165, 1.54) is 0 Å². The van der Waals surface area contributed by atoms with E-state index in [2.05, 4.69) is 10.5 Å². The highest BCUT2D eigenvalue weighted by atomic mass is 16.7. The van der Waals surface area contributed by atoms with Crippen molar-refractivity contribution in [1.29, 1.82) is 0 Å². The third kappa shape index (κ3) is 4.31. The Balaban J connectivity index is 1.62. The van der Waals surface area contributed by atoms with Crippen LogP contribution >= 0.6 is 0 Å². The third-order valence-electron chi connectivity index (χ3n) is 6.49. The van der Waals surface area contributed by atoms with Crippen LogP contribution < -0.4 is 29.1 Å². The Morgan fingerprint density at radius 2 is 1.67 bits per heavy atom. The van der Waals surface area contributed by atoms with Crippen LogP contribution in [0.3, 0.4) is 0 Å². The molecule has 0 radical (unpaired) electrons. The zero-order valence-corrected chi connectivity index (χ0v) is 20.4. The molecule has 0 saturated carbocycles. The van der Waals surface area contributed by atoms with Gasteiger partial charge in [0, 0.05) is 11.8 Å². The maximum absolute atomic E-state index is 10.6. The molecule has 0 saturated heterocycles. The zero-order valence-electron chi connectivity index (χ0n) is 20.4. The summed E-state index contributed by atoms with van der Waals surface area (Å²) in [5.74, 6) is 2.44. The quantitative estimate of drug-likeness (QED) is 0.352. The number of ether oxygens (including phenoxy) is 5. The second-order valence-corrected chi connectivity index (χ2v) is 8.44. The molecule has 2 aliphatic rings. The van der Waals surface area contributed by atoms with Crippen LogP contribution in [0.1, 0.15) is 22.6 Å². The van der Waals surface area contributed by atoms with Gasteiger partial charge in [-0.1, -0.05) is 18.2 Å². The number of fused-ring (bicyclic) bond motifs is 2. The molecule has 0 fully saturated rings. The number of anilines is 1. The van der Waals surface area contributed by atoms with Gasteiger partial charge in [-0.3, -0.25) is 5.43 Å². The van der Waals surface area contributed by atoms with Crippen LogP contribution in [-0.2, 0) is 0 Å². The van der Waals surface area contributed by atoms with Gasteiger partial charge in [0.15, 0.2) is 23.0 Å². The number of rotatable bonds is 8. The molecule has 3 aromatic rings. The average molecular weight is 489 g/mol. The highest BCUT2D eigenvalue weighted by molar-refractivity contribution is 5.89. The van der Waals surface area contributed by atoms with Gasteiger partial charge in [-0.15, -0.1) is 0 Å². The van der Waals surface area contributed by atoms with Gasteiger partial charge < -0.3 is 28.8 Å². The SMILES string of the molecule is COc1cc([C@@H]2c3cc4c(cc3C=C(C=NNc3ccccc3)[C@H]2CO)OCO4)cc(OC)c1OC. The molecule has 0 amide bonds. The molecule has 0 aromatic heterocycles. The maximum Gasteiger partial charge on any atom is 0.231 e. The van der Waals surface area contributed by atoms with Gasteiger partial charge in [-0.25, -0.2) is 0 Å². The van der Waals surface area contributed by atoms with Crippen molar-refractivity contribution < 1.29 is 28.8 Å².